The SMILES string of the molecule is c1ccc(-c2ccc3c(-c4ccc(-c5c6ccccc6c(-c6cc7ccccc7c7ccccc67)c6ccccc56)cc4)c4ccccc4c(-c4ccccc4)c3c2)cc1. The molecule has 12 aromatic carbocycles. The summed E-state index contributed by atoms with van der Waals surface area (Å²) in [6.07, 6.45) is 0. The fourth-order valence-corrected chi connectivity index (χ4v) is 10.0. The first-order valence-electron chi connectivity index (χ1n) is 20.8. The van der Waals surface area contributed by atoms with Gasteiger partial charge in [0.2, 0.25) is 0 Å². The van der Waals surface area contributed by atoms with Gasteiger partial charge >= 0.3 is 0 Å². The van der Waals surface area contributed by atoms with Crippen LogP contribution in [0, 0.1) is 0 Å². The van der Waals surface area contributed by atoms with E-state index in [0.717, 1.165) is 0 Å². The smallest absolute Gasteiger partial charge is 0.00199 e. The van der Waals surface area contributed by atoms with Gasteiger partial charge in [-0.3, -0.25) is 0 Å². The average Bonchev–Trinajstić information content (AvgIpc) is 3.32. The van der Waals surface area contributed by atoms with Gasteiger partial charge in [0, 0.05) is 0 Å². The summed E-state index contributed by atoms with van der Waals surface area (Å²) in [5, 5.41) is 15.2. The first kappa shape index (κ1) is 34.3. The van der Waals surface area contributed by atoms with Crippen molar-refractivity contribution in [3.05, 3.63) is 231 Å². The molecule has 0 unspecified atom stereocenters. The molecule has 0 atom stereocenters. The third-order valence-corrected chi connectivity index (χ3v) is 12.6. The minimum atomic E-state index is 1.21. The van der Waals surface area contributed by atoms with E-state index in [2.05, 4.69) is 231 Å². The van der Waals surface area contributed by atoms with Crippen LogP contribution in [0.3, 0.4) is 0 Å². The predicted molar refractivity (Wildman–Crippen MR) is 259 cm³/mol. The van der Waals surface area contributed by atoms with E-state index in [1.807, 2.05) is 0 Å². The highest BCUT2D eigenvalue weighted by Crippen LogP contribution is 2.48. The highest BCUT2D eigenvalue weighted by Gasteiger charge is 2.21. The second-order valence-electron chi connectivity index (χ2n) is 15.9. The Kier molecular flexibility index (Phi) is 7.96. The van der Waals surface area contributed by atoms with Gasteiger partial charge in [0.05, 0.1) is 0 Å². The molecule has 278 valence electrons. The molecule has 0 nitrogen and oxygen atoms in total. The van der Waals surface area contributed by atoms with Crippen LogP contribution in [0.1, 0.15) is 0 Å². The molecule has 0 aliphatic rings. The quantitative estimate of drug-likeness (QED) is 0.121. The maximum atomic E-state index is 2.40. The van der Waals surface area contributed by atoms with Gasteiger partial charge in [-0.05, 0) is 132 Å². The molecule has 0 heteroatoms. The van der Waals surface area contributed by atoms with Crippen molar-refractivity contribution in [3.8, 4) is 55.6 Å². The summed E-state index contributed by atoms with van der Waals surface area (Å²) in [7, 11) is 0. The molecule has 0 aromatic heterocycles. The molecule has 12 aromatic rings. The van der Waals surface area contributed by atoms with E-state index >= 15 is 0 Å². The first-order valence-corrected chi connectivity index (χ1v) is 20.8. The normalized spacial score (nSPS) is 11.7. The molecule has 0 aliphatic carbocycles. The number of hydrogen-bond donors (Lipinski definition) is 0. The van der Waals surface area contributed by atoms with E-state index < -0.39 is 0 Å². The molecule has 0 spiro atoms. The van der Waals surface area contributed by atoms with Crippen molar-refractivity contribution in [1.29, 1.82) is 0 Å². The third kappa shape index (κ3) is 5.39. The Bertz CT molecular complexity index is 3560. The minimum Gasteiger partial charge on any atom is -0.0622 e. The van der Waals surface area contributed by atoms with Gasteiger partial charge in [-0.1, -0.05) is 218 Å². The largest absolute Gasteiger partial charge is 0.0622 e. The van der Waals surface area contributed by atoms with E-state index in [-0.39, 0.29) is 0 Å². The number of rotatable bonds is 5. The van der Waals surface area contributed by atoms with Gasteiger partial charge in [0.15, 0.2) is 0 Å². The van der Waals surface area contributed by atoms with Gasteiger partial charge in [-0.15, -0.1) is 0 Å². The van der Waals surface area contributed by atoms with Crippen molar-refractivity contribution < 1.29 is 0 Å². The Morgan fingerprint density at radius 2 is 0.517 bits per heavy atom. The predicted octanol–water partition coefficient (Wildman–Crippen LogP) is 16.9. The maximum absolute atomic E-state index is 2.40. The van der Waals surface area contributed by atoms with Crippen LogP contribution in [-0.2, 0) is 0 Å². The van der Waals surface area contributed by atoms with Crippen molar-refractivity contribution in [1.82, 2.24) is 0 Å². The highest BCUT2D eigenvalue weighted by atomic mass is 14.2. The van der Waals surface area contributed by atoms with Crippen molar-refractivity contribution in [2.75, 3.05) is 0 Å². The second kappa shape index (κ2) is 13.9. The molecular weight excluding hydrogens is 721 g/mol. The summed E-state index contributed by atoms with van der Waals surface area (Å²) >= 11 is 0. The zero-order valence-electron chi connectivity index (χ0n) is 32.9. The Hall–Kier alpha value is -7.80. The zero-order chi connectivity index (χ0) is 39.6. The van der Waals surface area contributed by atoms with Crippen molar-refractivity contribution >= 4 is 64.6 Å². The van der Waals surface area contributed by atoms with Crippen LogP contribution in [0.5, 0.6) is 0 Å². The number of fused-ring (bicyclic) bond motifs is 7. The Morgan fingerprint density at radius 1 is 0.167 bits per heavy atom. The molecule has 0 aliphatic heterocycles. The van der Waals surface area contributed by atoms with E-state index in [4.69, 9.17) is 0 Å². The number of hydrogen-bond acceptors (Lipinski definition) is 0. The van der Waals surface area contributed by atoms with E-state index in [1.165, 1.54) is 120 Å². The molecule has 12 rings (SSSR count). The fraction of sp³-hybridized carbons (Fsp3) is 0. The van der Waals surface area contributed by atoms with Crippen molar-refractivity contribution in [3.63, 3.8) is 0 Å². The molecule has 60 heavy (non-hydrogen) atoms. The van der Waals surface area contributed by atoms with Crippen LogP contribution in [0.25, 0.3) is 120 Å². The highest BCUT2D eigenvalue weighted by molar-refractivity contribution is 6.26. The van der Waals surface area contributed by atoms with E-state index in [1.54, 1.807) is 0 Å². The lowest BCUT2D eigenvalue weighted by atomic mass is 9.83. The molecular formula is C60H38. The number of benzene rings is 12. The van der Waals surface area contributed by atoms with Gasteiger partial charge in [-0.2, -0.15) is 0 Å². The van der Waals surface area contributed by atoms with Crippen LogP contribution in [0.2, 0.25) is 0 Å². The lowest BCUT2D eigenvalue weighted by Gasteiger charge is -2.20. The Labute approximate surface area is 349 Å². The summed E-state index contributed by atoms with van der Waals surface area (Å²) in [6, 6.07) is 85.1. The van der Waals surface area contributed by atoms with E-state index in [0.29, 0.717) is 0 Å². The lowest BCUT2D eigenvalue weighted by Crippen LogP contribution is -1.93. The van der Waals surface area contributed by atoms with Gasteiger partial charge < -0.3 is 0 Å². The van der Waals surface area contributed by atoms with Crippen LogP contribution >= 0.6 is 0 Å². The van der Waals surface area contributed by atoms with Crippen LogP contribution in [0.15, 0.2) is 231 Å². The summed E-state index contributed by atoms with van der Waals surface area (Å²) < 4.78 is 0. The summed E-state index contributed by atoms with van der Waals surface area (Å²) in [6.45, 7) is 0. The molecule has 0 bridgehead atoms. The lowest BCUT2D eigenvalue weighted by molar-refractivity contribution is 1.62. The summed E-state index contributed by atoms with van der Waals surface area (Å²) in [5.74, 6) is 0. The molecule has 0 radical (unpaired) electrons. The fourth-order valence-electron chi connectivity index (χ4n) is 10.0. The maximum Gasteiger partial charge on any atom is -0.00199 e. The van der Waals surface area contributed by atoms with Crippen LogP contribution in [-0.4, -0.2) is 0 Å². The standard InChI is InChI=1S/C60H38/c1-3-17-39(18-4-1)43-35-36-54-56(37-43)59(40-19-5-2-6-20-40)49-26-12-11-25-48(49)58(54)42-33-31-41(32-34-42)57-50-27-13-15-29-52(50)60(53-30-16-14-28-51(53)57)55-38-44-21-7-8-22-45(44)46-23-9-10-24-47(46)55/h1-38H. The minimum absolute atomic E-state index is 1.21. The van der Waals surface area contributed by atoms with Gasteiger partial charge in [0.1, 0.15) is 0 Å². The average molecular weight is 759 g/mol. The third-order valence-electron chi connectivity index (χ3n) is 12.6. The van der Waals surface area contributed by atoms with Crippen molar-refractivity contribution in [2.24, 2.45) is 0 Å². The van der Waals surface area contributed by atoms with E-state index in [9.17, 15) is 0 Å². The first-order chi connectivity index (χ1) is 29.8. The topological polar surface area (TPSA) is 0 Å². The summed E-state index contributed by atoms with van der Waals surface area (Å²) in [5.41, 5.74) is 12.4. The monoisotopic (exact) mass is 758 g/mol. The van der Waals surface area contributed by atoms with Gasteiger partial charge in [0.25, 0.3) is 0 Å². The Balaban J connectivity index is 1.09. The van der Waals surface area contributed by atoms with Crippen molar-refractivity contribution in [2.45, 2.75) is 0 Å². The molecule has 0 saturated carbocycles. The zero-order valence-corrected chi connectivity index (χ0v) is 32.9. The van der Waals surface area contributed by atoms with Gasteiger partial charge in [-0.25, -0.2) is 0 Å². The Morgan fingerprint density at radius 3 is 1.05 bits per heavy atom. The summed E-state index contributed by atoms with van der Waals surface area (Å²) in [4.78, 5) is 0. The molecule has 0 saturated heterocycles. The molecule has 0 fully saturated rings. The molecule has 0 N–H and O–H groups in total. The molecule has 0 heterocycles. The van der Waals surface area contributed by atoms with Crippen LogP contribution < -0.4 is 0 Å². The second-order valence-corrected chi connectivity index (χ2v) is 15.9. The van der Waals surface area contributed by atoms with Crippen LogP contribution in [0.4, 0.5) is 0 Å². The molecule has 0 amide bonds.